The van der Waals surface area contributed by atoms with Crippen LogP contribution in [0, 0.1) is 5.92 Å². The zero-order valence-corrected chi connectivity index (χ0v) is 16.4. The molecule has 0 spiro atoms. The molecule has 2 heterocycles. The molecule has 1 aromatic carbocycles. The van der Waals surface area contributed by atoms with Crippen LogP contribution >= 0.6 is 0 Å². The lowest BCUT2D eigenvalue weighted by molar-refractivity contribution is 0.0871. The first-order valence-electron chi connectivity index (χ1n) is 9.09. The molecule has 2 aromatic rings. The van der Waals surface area contributed by atoms with Crippen molar-refractivity contribution in [3.05, 3.63) is 54.4 Å². The van der Waals surface area contributed by atoms with Gasteiger partial charge in [-0.3, -0.25) is 9.78 Å². The van der Waals surface area contributed by atoms with Crippen LogP contribution in [0.3, 0.4) is 0 Å². The number of nitrogens with zero attached hydrogens (tertiary/aromatic N) is 2. The van der Waals surface area contributed by atoms with E-state index in [1.165, 1.54) is 22.8 Å². The van der Waals surface area contributed by atoms with Gasteiger partial charge in [-0.25, -0.2) is 8.42 Å². The summed E-state index contributed by atoms with van der Waals surface area (Å²) in [4.78, 5) is 17.0. The van der Waals surface area contributed by atoms with Crippen LogP contribution in [0.5, 0.6) is 5.75 Å². The number of ether oxygens (including phenoxy) is 1. The maximum Gasteiger partial charge on any atom is 0.244 e. The van der Waals surface area contributed by atoms with E-state index in [1.807, 2.05) is 19.9 Å². The van der Waals surface area contributed by atoms with Crippen molar-refractivity contribution in [3.63, 3.8) is 0 Å². The van der Waals surface area contributed by atoms with E-state index in [0.717, 1.165) is 0 Å². The SMILES string of the molecule is CC(C)Oc1cccc(C(=O)[C@@H]2CCCN(S(=O)(=O)c3cccnc3)C2)c1. The third-order valence-electron chi connectivity index (χ3n) is 4.52. The van der Waals surface area contributed by atoms with E-state index in [9.17, 15) is 13.2 Å². The van der Waals surface area contributed by atoms with Gasteiger partial charge in [-0.05, 0) is 51.0 Å². The Morgan fingerprint density at radius 1 is 1.26 bits per heavy atom. The van der Waals surface area contributed by atoms with Crippen LogP contribution in [0.4, 0.5) is 0 Å². The smallest absolute Gasteiger partial charge is 0.244 e. The fourth-order valence-corrected chi connectivity index (χ4v) is 4.74. The Hall–Kier alpha value is -2.25. The number of carbonyl (C=O) groups is 1. The molecule has 3 rings (SSSR count). The molecule has 1 saturated heterocycles. The largest absolute Gasteiger partial charge is 0.491 e. The zero-order chi connectivity index (χ0) is 19.4. The Morgan fingerprint density at radius 3 is 2.78 bits per heavy atom. The maximum atomic E-state index is 13.0. The molecule has 0 saturated carbocycles. The predicted molar refractivity (Wildman–Crippen MR) is 102 cm³/mol. The molecule has 27 heavy (non-hydrogen) atoms. The third kappa shape index (κ3) is 4.54. The zero-order valence-electron chi connectivity index (χ0n) is 15.5. The fraction of sp³-hybridized carbons (Fsp3) is 0.400. The van der Waals surface area contributed by atoms with Gasteiger partial charge in [0.2, 0.25) is 10.0 Å². The molecule has 1 fully saturated rings. The number of aromatic nitrogens is 1. The van der Waals surface area contributed by atoms with Gasteiger partial charge in [0, 0.05) is 37.0 Å². The molecule has 1 aromatic heterocycles. The summed E-state index contributed by atoms with van der Waals surface area (Å²) in [5.74, 6) is 0.237. The van der Waals surface area contributed by atoms with E-state index in [2.05, 4.69) is 4.98 Å². The van der Waals surface area contributed by atoms with E-state index < -0.39 is 10.0 Å². The second-order valence-electron chi connectivity index (χ2n) is 6.95. The van der Waals surface area contributed by atoms with Crippen LogP contribution in [0.15, 0.2) is 53.7 Å². The van der Waals surface area contributed by atoms with Crippen LogP contribution in [-0.2, 0) is 10.0 Å². The summed E-state index contributed by atoms with van der Waals surface area (Å²) in [5.41, 5.74) is 0.554. The van der Waals surface area contributed by atoms with Gasteiger partial charge < -0.3 is 4.74 Å². The first kappa shape index (κ1) is 19.5. The lowest BCUT2D eigenvalue weighted by Gasteiger charge is -2.31. The highest BCUT2D eigenvalue weighted by atomic mass is 32.2. The molecule has 144 valence electrons. The second kappa shape index (κ2) is 8.19. The Kier molecular flexibility index (Phi) is 5.92. The van der Waals surface area contributed by atoms with Crippen LogP contribution in [0.2, 0.25) is 0 Å². The number of ketones is 1. The van der Waals surface area contributed by atoms with Gasteiger partial charge in [0.25, 0.3) is 0 Å². The number of benzene rings is 1. The van der Waals surface area contributed by atoms with E-state index in [1.54, 1.807) is 24.3 Å². The normalized spacial score (nSPS) is 18.4. The molecule has 0 N–H and O–H groups in total. The van der Waals surface area contributed by atoms with Crippen molar-refractivity contribution in [2.45, 2.75) is 37.7 Å². The van der Waals surface area contributed by atoms with Gasteiger partial charge in [0.1, 0.15) is 10.6 Å². The second-order valence-corrected chi connectivity index (χ2v) is 8.89. The molecule has 7 heteroatoms. The number of rotatable bonds is 6. The van der Waals surface area contributed by atoms with Gasteiger partial charge in [0.15, 0.2) is 5.78 Å². The van der Waals surface area contributed by atoms with Gasteiger partial charge >= 0.3 is 0 Å². The Morgan fingerprint density at radius 2 is 2.07 bits per heavy atom. The fourth-order valence-electron chi connectivity index (χ4n) is 3.25. The Balaban J connectivity index is 1.77. The number of Topliss-reactive ketones (excluding diaryl/α,β-unsaturated/α-hetero) is 1. The topological polar surface area (TPSA) is 76.6 Å². The lowest BCUT2D eigenvalue weighted by atomic mass is 9.91. The van der Waals surface area contributed by atoms with Crippen molar-refractivity contribution >= 4 is 15.8 Å². The van der Waals surface area contributed by atoms with E-state index in [4.69, 9.17) is 4.74 Å². The summed E-state index contributed by atoms with van der Waals surface area (Å²) in [5, 5.41) is 0. The summed E-state index contributed by atoms with van der Waals surface area (Å²) in [6.45, 7) is 4.45. The van der Waals surface area contributed by atoms with Crippen molar-refractivity contribution in [2.75, 3.05) is 13.1 Å². The van der Waals surface area contributed by atoms with Crippen molar-refractivity contribution in [2.24, 2.45) is 5.92 Å². The average Bonchev–Trinajstić information content (AvgIpc) is 2.68. The molecule has 6 nitrogen and oxygen atoms in total. The highest BCUT2D eigenvalue weighted by Crippen LogP contribution is 2.27. The molecule has 0 bridgehead atoms. The molecule has 0 aliphatic carbocycles. The standard InChI is InChI=1S/C20H24N2O4S/c1-15(2)26-18-8-3-6-16(12-18)20(23)17-7-5-11-22(14-17)27(24,25)19-9-4-10-21-13-19/h3-4,6,8-10,12-13,15,17H,5,7,11,14H2,1-2H3/t17-/m1/s1. The van der Waals surface area contributed by atoms with E-state index in [0.29, 0.717) is 30.7 Å². The van der Waals surface area contributed by atoms with Gasteiger partial charge in [0.05, 0.1) is 6.10 Å². The van der Waals surface area contributed by atoms with E-state index in [-0.39, 0.29) is 29.2 Å². The summed E-state index contributed by atoms with van der Waals surface area (Å²) in [6, 6.07) is 10.2. The molecule has 1 aliphatic rings. The maximum absolute atomic E-state index is 13.0. The van der Waals surface area contributed by atoms with Crippen molar-refractivity contribution in [3.8, 4) is 5.75 Å². The highest BCUT2D eigenvalue weighted by molar-refractivity contribution is 7.89. The molecular weight excluding hydrogens is 364 g/mol. The number of hydrogen-bond acceptors (Lipinski definition) is 5. The molecular formula is C20H24N2O4S. The first-order chi connectivity index (χ1) is 12.9. The molecule has 0 radical (unpaired) electrons. The lowest BCUT2D eigenvalue weighted by Crippen LogP contribution is -2.42. The monoisotopic (exact) mass is 388 g/mol. The van der Waals surface area contributed by atoms with Gasteiger partial charge in [-0.15, -0.1) is 0 Å². The van der Waals surface area contributed by atoms with Gasteiger partial charge in [-0.2, -0.15) is 4.31 Å². The third-order valence-corrected chi connectivity index (χ3v) is 6.37. The molecule has 0 unspecified atom stereocenters. The molecule has 0 amide bonds. The Labute approximate surface area is 160 Å². The summed E-state index contributed by atoms with van der Waals surface area (Å²) >= 11 is 0. The van der Waals surface area contributed by atoms with Crippen LogP contribution in [0.25, 0.3) is 0 Å². The minimum absolute atomic E-state index is 0.0187. The summed E-state index contributed by atoms with van der Waals surface area (Å²) < 4.78 is 32.7. The summed E-state index contributed by atoms with van der Waals surface area (Å²) in [6.07, 6.45) is 4.22. The van der Waals surface area contributed by atoms with Crippen molar-refractivity contribution < 1.29 is 17.9 Å². The molecule has 1 aliphatic heterocycles. The van der Waals surface area contributed by atoms with Crippen molar-refractivity contribution in [1.29, 1.82) is 0 Å². The quantitative estimate of drug-likeness (QED) is 0.711. The average molecular weight is 388 g/mol. The Bertz CT molecular complexity index is 897. The van der Waals surface area contributed by atoms with Crippen LogP contribution in [-0.4, -0.2) is 42.7 Å². The highest BCUT2D eigenvalue weighted by Gasteiger charge is 2.33. The minimum atomic E-state index is -3.64. The number of sulfonamides is 1. The van der Waals surface area contributed by atoms with E-state index >= 15 is 0 Å². The van der Waals surface area contributed by atoms with Crippen LogP contribution in [0.1, 0.15) is 37.0 Å². The van der Waals surface area contributed by atoms with Gasteiger partial charge in [-0.1, -0.05) is 12.1 Å². The number of carbonyl (C=O) groups excluding carboxylic acids is 1. The first-order valence-corrected chi connectivity index (χ1v) is 10.5. The number of hydrogen-bond donors (Lipinski definition) is 0. The van der Waals surface area contributed by atoms with Crippen molar-refractivity contribution in [1.82, 2.24) is 9.29 Å². The number of pyridine rings is 1. The summed E-state index contributed by atoms with van der Waals surface area (Å²) in [7, 11) is -3.64. The minimum Gasteiger partial charge on any atom is -0.491 e. The predicted octanol–water partition coefficient (Wildman–Crippen LogP) is 3.15. The number of piperidine rings is 1. The molecule has 1 atom stereocenters. The van der Waals surface area contributed by atoms with Crippen LogP contribution < -0.4 is 4.74 Å².